The van der Waals surface area contributed by atoms with Crippen LogP contribution in [0.2, 0.25) is 6.04 Å². The normalized spacial score (nSPS) is 12.3. The molecule has 0 rings (SSSR count). The van der Waals surface area contributed by atoms with Gasteiger partial charge in [0.1, 0.15) is 0 Å². The van der Waals surface area contributed by atoms with Crippen LogP contribution in [0.1, 0.15) is 27.2 Å². The Bertz CT molecular complexity index is 250. The van der Waals surface area contributed by atoms with E-state index in [9.17, 15) is 0 Å². The van der Waals surface area contributed by atoms with E-state index in [1.807, 2.05) is 0 Å². The highest BCUT2D eigenvalue weighted by molar-refractivity contribution is 6.60. The molecule has 0 aromatic heterocycles. The third-order valence-corrected chi connectivity index (χ3v) is 7.35. The summed E-state index contributed by atoms with van der Waals surface area (Å²) in [5.41, 5.74) is 0.240. The first-order valence-electron chi connectivity index (χ1n) is 7.74. The standard InChI is InChI=1S/C11H27NO3Si.C3H10O3Si/c1-7-12-10-11(2,3)8-9-16(13-4,14-5)15-6;1-4-7(5-2)6-3/h12H,7-10H2,1-6H3;7H,1-3H3. The Balaban J connectivity index is 0. The van der Waals surface area contributed by atoms with E-state index in [0.29, 0.717) is 0 Å². The van der Waals surface area contributed by atoms with Gasteiger partial charge in [0.25, 0.3) is 0 Å². The Labute approximate surface area is 145 Å². The highest BCUT2D eigenvalue weighted by Crippen LogP contribution is 2.27. The second-order valence-corrected chi connectivity index (χ2v) is 10.8. The summed E-state index contributed by atoms with van der Waals surface area (Å²) in [6, 6.07) is 0.856. The Hall–Kier alpha value is 0.154. The second kappa shape index (κ2) is 14.5. The molecule has 0 aromatic carbocycles. The highest BCUT2D eigenvalue weighted by Gasteiger charge is 2.39. The van der Waals surface area contributed by atoms with Crippen LogP contribution < -0.4 is 5.32 Å². The molecule has 0 saturated carbocycles. The van der Waals surface area contributed by atoms with Gasteiger partial charge in [-0.1, -0.05) is 20.8 Å². The third-order valence-electron chi connectivity index (χ3n) is 3.47. The molecule has 9 heteroatoms. The molecule has 0 saturated heterocycles. The molecule has 0 bridgehead atoms. The van der Waals surface area contributed by atoms with E-state index in [2.05, 4.69) is 26.1 Å². The van der Waals surface area contributed by atoms with Crippen molar-refractivity contribution in [2.75, 3.05) is 55.7 Å². The topological polar surface area (TPSA) is 67.4 Å². The molecular formula is C14H37NO6Si2. The Morgan fingerprint density at radius 1 is 0.870 bits per heavy atom. The number of hydrogen-bond acceptors (Lipinski definition) is 7. The zero-order chi connectivity index (χ0) is 18.4. The summed E-state index contributed by atoms with van der Waals surface area (Å²) in [6.45, 7) is 8.62. The Morgan fingerprint density at radius 2 is 1.30 bits per heavy atom. The van der Waals surface area contributed by atoms with Crippen LogP contribution in [0, 0.1) is 5.41 Å². The molecule has 0 spiro atoms. The Morgan fingerprint density at radius 3 is 1.57 bits per heavy atom. The second-order valence-electron chi connectivity index (χ2n) is 5.74. The molecule has 0 fully saturated rings. The molecular weight excluding hydrogens is 334 g/mol. The quantitative estimate of drug-likeness (QED) is 0.522. The molecule has 23 heavy (non-hydrogen) atoms. The fraction of sp³-hybridized carbons (Fsp3) is 1.00. The van der Waals surface area contributed by atoms with Gasteiger partial charge in [0.2, 0.25) is 0 Å². The van der Waals surface area contributed by atoms with Crippen LogP contribution in [-0.2, 0) is 26.6 Å². The van der Waals surface area contributed by atoms with Crippen LogP contribution in [0.15, 0.2) is 0 Å². The van der Waals surface area contributed by atoms with E-state index in [1.54, 1.807) is 42.7 Å². The van der Waals surface area contributed by atoms with Crippen LogP contribution in [0.5, 0.6) is 0 Å². The third kappa shape index (κ3) is 12.2. The van der Waals surface area contributed by atoms with E-state index in [4.69, 9.17) is 26.6 Å². The number of rotatable bonds is 12. The van der Waals surface area contributed by atoms with Gasteiger partial charge in [-0.25, -0.2) is 0 Å². The minimum absolute atomic E-state index is 0.240. The number of nitrogens with one attached hydrogen (secondary N) is 1. The van der Waals surface area contributed by atoms with Crippen molar-refractivity contribution in [2.45, 2.75) is 33.2 Å². The SMILES string of the molecule is CCNCC(C)(C)CC[Si](OC)(OC)OC.CO[SiH](OC)OC. The van der Waals surface area contributed by atoms with Gasteiger partial charge in [-0.05, 0) is 18.4 Å². The molecule has 0 unspecified atom stereocenters. The van der Waals surface area contributed by atoms with Crippen LogP contribution in [0.25, 0.3) is 0 Å². The van der Waals surface area contributed by atoms with Gasteiger partial charge < -0.3 is 31.9 Å². The van der Waals surface area contributed by atoms with Crippen LogP contribution in [-0.4, -0.2) is 74.1 Å². The smallest absolute Gasteiger partial charge is 0.379 e. The molecule has 0 aliphatic rings. The van der Waals surface area contributed by atoms with E-state index in [1.165, 1.54) is 0 Å². The van der Waals surface area contributed by atoms with Crippen molar-refractivity contribution in [1.82, 2.24) is 5.32 Å². The summed E-state index contributed by atoms with van der Waals surface area (Å²) in [5, 5.41) is 3.37. The zero-order valence-electron chi connectivity index (χ0n) is 16.4. The zero-order valence-corrected chi connectivity index (χ0v) is 18.5. The average Bonchev–Trinajstić information content (AvgIpc) is 2.57. The minimum atomic E-state index is -2.39. The van der Waals surface area contributed by atoms with Crippen LogP contribution in [0.4, 0.5) is 0 Å². The lowest BCUT2D eigenvalue weighted by Gasteiger charge is -2.30. The molecule has 142 valence electrons. The summed E-state index contributed by atoms with van der Waals surface area (Å²) in [4.78, 5) is 0. The van der Waals surface area contributed by atoms with Crippen molar-refractivity contribution in [1.29, 1.82) is 0 Å². The molecule has 7 nitrogen and oxygen atoms in total. The minimum Gasteiger partial charge on any atom is -0.379 e. The maximum absolute atomic E-state index is 5.41. The molecule has 0 aromatic rings. The first kappa shape index (κ1) is 25.4. The van der Waals surface area contributed by atoms with Crippen LogP contribution >= 0.6 is 0 Å². The first-order chi connectivity index (χ1) is 10.8. The van der Waals surface area contributed by atoms with E-state index in [0.717, 1.165) is 25.6 Å². The molecule has 0 heterocycles. The van der Waals surface area contributed by atoms with Crippen molar-refractivity contribution in [3.05, 3.63) is 0 Å². The van der Waals surface area contributed by atoms with Crippen molar-refractivity contribution in [2.24, 2.45) is 5.41 Å². The van der Waals surface area contributed by atoms with E-state index < -0.39 is 18.3 Å². The molecule has 0 aliphatic heterocycles. The summed E-state index contributed by atoms with van der Waals surface area (Å²) in [7, 11) is 5.64. The molecule has 0 aliphatic carbocycles. The lowest BCUT2D eigenvalue weighted by molar-refractivity contribution is 0.118. The monoisotopic (exact) mass is 371 g/mol. The Kier molecular flexibility index (Phi) is 16.0. The van der Waals surface area contributed by atoms with Gasteiger partial charge >= 0.3 is 18.3 Å². The predicted molar refractivity (Wildman–Crippen MR) is 96.7 cm³/mol. The summed E-state index contributed by atoms with van der Waals surface area (Å²) < 4.78 is 30.5. The maximum atomic E-state index is 5.41. The summed E-state index contributed by atoms with van der Waals surface area (Å²) >= 11 is 0. The molecule has 0 amide bonds. The molecule has 0 atom stereocenters. The molecule has 1 N–H and O–H groups in total. The molecule has 0 radical (unpaired) electrons. The lowest BCUT2D eigenvalue weighted by Crippen LogP contribution is -2.44. The van der Waals surface area contributed by atoms with Crippen molar-refractivity contribution < 1.29 is 26.6 Å². The van der Waals surface area contributed by atoms with Gasteiger partial charge in [0.15, 0.2) is 0 Å². The van der Waals surface area contributed by atoms with Gasteiger partial charge in [0.05, 0.1) is 0 Å². The fourth-order valence-corrected chi connectivity index (χ4v) is 4.56. The van der Waals surface area contributed by atoms with Gasteiger partial charge in [-0.3, -0.25) is 0 Å². The van der Waals surface area contributed by atoms with E-state index in [-0.39, 0.29) is 5.41 Å². The van der Waals surface area contributed by atoms with Gasteiger partial charge in [-0.15, -0.1) is 0 Å². The largest absolute Gasteiger partial charge is 0.500 e. The summed E-state index contributed by atoms with van der Waals surface area (Å²) in [6.07, 6.45) is 1.03. The van der Waals surface area contributed by atoms with Crippen molar-refractivity contribution in [3.8, 4) is 0 Å². The highest BCUT2D eigenvalue weighted by atomic mass is 28.4. The van der Waals surface area contributed by atoms with Crippen LogP contribution in [0.3, 0.4) is 0 Å². The van der Waals surface area contributed by atoms with Gasteiger partial charge in [0, 0.05) is 55.2 Å². The first-order valence-corrected chi connectivity index (χ1v) is 11.1. The van der Waals surface area contributed by atoms with Crippen molar-refractivity contribution in [3.63, 3.8) is 0 Å². The average molecular weight is 372 g/mol. The maximum Gasteiger partial charge on any atom is 0.500 e. The van der Waals surface area contributed by atoms with Crippen molar-refractivity contribution >= 4 is 18.3 Å². The lowest BCUT2D eigenvalue weighted by atomic mass is 9.90. The number of hydrogen-bond donors (Lipinski definition) is 1. The van der Waals surface area contributed by atoms with E-state index >= 15 is 0 Å². The fourth-order valence-electron chi connectivity index (χ4n) is 1.89. The summed E-state index contributed by atoms with van der Waals surface area (Å²) in [5.74, 6) is 0. The predicted octanol–water partition coefficient (Wildman–Crippen LogP) is 1.53. The van der Waals surface area contributed by atoms with Gasteiger partial charge in [-0.2, -0.15) is 0 Å².